The van der Waals surface area contributed by atoms with Gasteiger partial charge in [-0.15, -0.1) is 0 Å². The van der Waals surface area contributed by atoms with Crippen LogP contribution in [0.2, 0.25) is 0 Å². The van der Waals surface area contributed by atoms with Crippen LogP contribution in [0.15, 0.2) is 23.1 Å². The molecule has 2 N–H and O–H groups in total. The SMILES string of the molecule is CC1CCC(CNS(=O)(=O)c2ccc3c(c2)NCC3)C1. The normalized spacial score (nSPS) is 25.4. The van der Waals surface area contributed by atoms with Crippen molar-refractivity contribution in [2.24, 2.45) is 11.8 Å². The summed E-state index contributed by atoms with van der Waals surface area (Å²) in [5, 5.41) is 3.22. The molecule has 1 aromatic rings. The zero-order chi connectivity index (χ0) is 14.2. The summed E-state index contributed by atoms with van der Waals surface area (Å²) in [6.07, 6.45) is 4.46. The molecule has 1 aliphatic heterocycles. The Labute approximate surface area is 121 Å². The minimum atomic E-state index is -3.38. The van der Waals surface area contributed by atoms with Crippen molar-refractivity contribution in [3.63, 3.8) is 0 Å². The summed E-state index contributed by atoms with van der Waals surface area (Å²) in [5.74, 6) is 1.22. The smallest absolute Gasteiger partial charge is 0.240 e. The lowest BCUT2D eigenvalue weighted by Crippen LogP contribution is -2.28. The minimum absolute atomic E-state index is 0.372. The standard InChI is InChI=1S/C15H22N2O2S/c1-11-2-3-12(8-11)10-17-20(18,19)14-5-4-13-6-7-16-15(13)9-14/h4-5,9,11-12,16-17H,2-3,6-8,10H2,1H3. The first-order chi connectivity index (χ1) is 9.54. The van der Waals surface area contributed by atoms with Crippen molar-refractivity contribution in [1.29, 1.82) is 0 Å². The molecule has 3 rings (SSSR count). The van der Waals surface area contributed by atoms with Gasteiger partial charge in [0.05, 0.1) is 4.90 Å². The monoisotopic (exact) mass is 294 g/mol. The number of benzene rings is 1. The predicted molar refractivity (Wildman–Crippen MR) is 80.3 cm³/mol. The van der Waals surface area contributed by atoms with Gasteiger partial charge in [0.15, 0.2) is 0 Å². The van der Waals surface area contributed by atoms with E-state index in [1.165, 1.54) is 12.0 Å². The molecule has 1 heterocycles. The van der Waals surface area contributed by atoms with E-state index in [1.807, 2.05) is 6.07 Å². The van der Waals surface area contributed by atoms with Crippen molar-refractivity contribution in [2.75, 3.05) is 18.4 Å². The van der Waals surface area contributed by atoms with Crippen LogP contribution >= 0.6 is 0 Å². The zero-order valence-corrected chi connectivity index (χ0v) is 12.7. The lowest BCUT2D eigenvalue weighted by atomic mass is 10.1. The van der Waals surface area contributed by atoms with Crippen molar-refractivity contribution < 1.29 is 8.42 Å². The Kier molecular flexibility index (Phi) is 3.73. The number of fused-ring (bicyclic) bond motifs is 1. The minimum Gasteiger partial charge on any atom is -0.384 e. The third-order valence-electron chi connectivity index (χ3n) is 4.47. The highest BCUT2D eigenvalue weighted by atomic mass is 32.2. The van der Waals surface area contributed by atoms with Crippen LogP contribution in [-0.4, -0.2) is 21.5 Å². The molecule has 1 saturated carbocycles. The van der Waals surface area contributed by atoms with Crippen LogP contribution in [0.3, 0.4) is 0 Å². The summed E-state index contributed by atoms with van der Waals surface area (Å²) in [6.45, 7) is 3.70. The predicted octanol–water partition coefficient (Wildman–Crippen LogP) is 2.37. The molecule has 1 aliphatic carbocycles. The van der Waals surface area contributed by atoms with Gasteiger partial charge in [-0.25, -0.2) is 13.1 Å². The first-order valence-corrected chi connectivity index (χ1v) is 8.89. The number of nitrogens with one attached hydrogen (secondary N) is 2. The second kappa shape index (κ2) is 5.37. The van der Waals surface area contributed by atoms with Crippen molar-refractivity contribution >= 4 is 15.7 Å². The van der Waals surface area contributed by atoms with Crippen LogP contribution in [-0.2, 0) is 16.4 Å². The van der Waals surface area contributed by atoms with Crippen LogP contribution in [0, 0.1) is 11.8 Å². The summed E-state index contributed by atoms with van der Waals surface area (Å²) >= 11 is 0. The van der Waals surface area contributed by atoms with Gasteiger partial charge >= 0.3 is 0 Å². The van der Waals surface area contributed by atoms with Crippen LogP contribution in [0.4, 0.5) is 5.69 Å². The lowest BCUT2D eigenvalue weighted by Gasteiger charge is -2.12. The van der Waals surface area contributed by atoms with E-state index in [1.54, 1.807) is 12.1 Å². The van der Waals surface area contributed by atoms with Crippen molar-refractivity contribution in [3.05, 3.63) is 23.8 Å². The van der Waals surface area contributed by atoms with Gasteiger partial charge in [0, 0.05) is 18.8 Å². The number of hydrogen-bond donors (Lipinski definition) is 2. The second-order valence-electron chi connectivity index (χ2n) is 6.13. The Bertz CT molecular complexity index is 598. The summed E-state index contributed by atoms with van der Waals surface area (Å²) in [4.78, 5) is 0.372. The molecule has 20 heavy (non-hydrogen) atoms. The van der Waals surface area contributed by atoms with E-state index in [4.69, 9.17) is 0 Å². The van der Waals surface area contributed by atoms with Gasteiger partial charge in [-0.1, -0.05) is 19.4 Å². The first kappa shape index (κ1) is 13.9. The Hall–Kier alpha value is -1.07. The van der Waals surface area contributed by atoms with E-state index in [0.29, 0.717) is 17.4 Å². The quantitative estimate of drug-likeness (QED) is 0.896. The molecule has 0 radical (unpaired) electrons. The van der Waals surface area contributed by atoms with Crippen LogP contribution in [0.25, 0.3) is 0 Å². The van der Waals surface area contributed by atoms with Gasteiger partial charge < -0.3 is 5.32 Å². The fraction of sp³-hybridized carbons (Fsp3) is 0.600. The topological polar surface area (TPSA) is 58.2 Å². The van der Waals surface area contributed by atoms with Gasteiger partial charge in [0.1, 0.15) is 0 Å². The summed E-state index contributed by atoms with van der Waals surface area (Å²) in [6, 6.07) is 5.38. The molecule has 110 valence electrons. The van der Waals surface area contributed by atoms with Gasteiger partial charge in [-0.3, -0.25) is 0 Å². The Morgan fingerprint density at radius 1 is 1.35 bits per heavy atom. The van der Waals surface area contributed by atoms with E-state index in [-0.39, 0.29) is 0 Å². The summed E-state index contributed by atoms with van der Waals surface area (Å²) in [5.41, 5.74) is 2.16. The summed E-state index contributed by atoms with van der Waals surface area (Å²) in [7, 11) is -3.38. The van der Waals surface area contributed by atoms with Crippen molar-refractivity contribution in [1.82, 2.24) is 4.72 Å². The molecule has 0 spiro atoms. The van der Waals surface area contributed by atoms with Crippen LogP contribution in [0.5, 0.6) is 0 Å². The molecule has 1 fully saturated rings. The molecule has 1 aromatic carbocycles. The van der Waals surface area contributed by atoms with Crippen LogP contribution < -0.4 is 10.0 Å². The molecular formula is C15H22N2O2S. The first-order valence-electron chi connectivity index (χ1n) is 7.41. The number of rotatable bonds is 4. The maximum absolute atomic E-state index is 12.3. The molecule has 5 heteroatoms. The van der Waals surface area contributed by atoms with Crippen molar-refractivity contribution in [3.8, 4) is 0 Å². The zero-order valence-electron chi connectivity index (χ0n) is 11.9. The fourth-order valence-electron chi connectivity index (χ4n) is 3.26. The molecule has 2 atom stereocenters. The molecule has 0 amide bonds. The molecule has 0 aromatic heterocycles. The van der Waals surface area contributed by atoms with Crippen LogP contribution in [0.1, 0.15) is 31.7 Å². The van der Waals surface area contributed by atoms with Crippen molar-refractivity contribution in [2.45, 2.75) is 37.5 Å². The lowest BCUT2D eigenvalue weighted by molar-refractivity contribution is 0.498. The third-order valence-corrected chi connectivity index (χ3v) is 5.89. The highest BCUT2D eigenvalue weighted by Gasteiger charge is 2.24. The average Bonchev–Trinajstić information content (AvgIpc) is 3.04. The van der Waals surface area contributed by atoms with Gasteiger partial charge in [0.25, 0.3) is 0 Å². The Morgan fingerprint density at radius 3 is 2.95 bits per heavy atom. The summed E-state index contributed by atoms with van der Waals surface area (Å²) < 4.78 is 27.4. The van der Waals surface area contributed by atoms with Gasteiger partial charge in [-0.05, 0) is 48.8 Å². The molecule has 2 unspecified atom stereocenters. The maximum atomic E-state index is 12.3. The number of hydrogen-bond acceptors (Lipinski definition) is 3. The van der Waals surface area contributed by atoms with E-state index in [9.17, 15) is 8.42 Å². The van der Waals surface area contributed by atoms with E-state index in [2.05, 4.69) is 17.0 Å². The molecule has 4 nitrogen and oxygen atoms in total. The highest BCUT2D eigenvalue weighted by Crippen LogP contribution is 2.30. The maximum Gasteiger partial charge on any atom is 0.240 e. The van der Waals surface area contributed by atoms with E-state index >= 15 is 0 Å². The second-order valence-corrected chi connectivity index (χ2v) is 7.90. The number of sulfonamides is 1. The van der Waals surface area contributed by atoms with Gasteiger partial charge in [0.2, 0.25) is 10.0 Å². The fourth-order valence-corrected chi connectivity index (χ4v) is 4.40. The molecule has 0 saturated heterocycles. The molecule has 0 bridgehead atoms. The molecular weight excluding hydrogens is 272 g/mol. The van der Waals surface area contributed by atoms with E-state index < -0.39 is 10.0 Å². The number of anilines is 1. The Morgan fingerprint density at radius 2 is 2.20 bits per heavy atom. The average molecular weight is 294 g/mol. The van der Waals surface area contributed by atoms with E-state index in [0.717, 1.165) is 37.4 Å². The largest absolute Gasteiger partial charge is 0.384 e. The highest BCUT2D eigenvalue weighted by molar-refractivity contribution is 7.89. The van der Waals surface area contributed by atoms with Gasteiger partial charge in [-0.2, -0.15) is 0 Å². The Balaban J connectivity index is 1.68. The molecule has 2 aliphatic rings. The third kappa shape index (κ3) is 2.83.